The molecule has 1 amide bonds. The number of halogens is 2. The lowest BCUT2D eigenvalue weighted by atomic mass is 10.0. The third-order valence-electron chi connectivity index (χ3n) is 5.65. The number of aromatic nitrogens is 5. The van der Waals surface area contributed by atoms with Crippen molar-refractivity contribution in [3.63, 3.8) is 0 Å². The van der Waals surface area contributed by atoms with E-state index in [1.54, 1.807) is 31.6 Å². The second-order valence-electron chi connectivity index (χ2n) is 8.09. The Kier molecular flexibility index (Phi) is 6.15. The Labute approximate surface area is 208 Å². The van der Waals surface area contributed by atoms with Crippen molar-refractivity contribution in [3.05, 3.63) is 77.8 Å². The quantitative estimate of drug-likeness (QED) is 0.287. The van der Waals surface area contributed by atoms with E-state index in [-0.39, 0.29) is 17.7 Å². The molecule has 0 saturated carbocycles. The molecule has 0 bridgehead atoms. The van der Waals surface area contributed by atoms with E-state index >= 15 is 4.39 Å². The van der Waals surface area contributed by atoms with Crippen molar-refractivity contribution in [2.75, 3.05) is 5.32 Å². The maximum Gasteiger partial charge on any atom is 0.224 e. The molecule has 0 aliphatic rings. The van der Waals surface area contributed by atoms with E-state index in [9.17, 15) is 14.0 Å². The number of aryl methyl sites for hydroxylation is 1. The molecule has 0 spiro atoms. The van der Waals surface area contributed by atoms with Crippen LogP contribution in [0, 0.1) is 18.6 Å². The molecule has 0 saturated heterocycles. The number of fused-ring (bicyclic) bond motifs is 1. The van der Waals surface area contributed by atoms with Gasteiger partial charge in [-0.15, -0.1) is 0 Å². The van der Waals surface area contributed by atoms with Crippen LogP contribution in [0.2, 0.25) is 0 Å². The van der Waals surface area contributed by atoms with Crippen LogP contribution in [0.3, 0.4) is 0 Å². The predicted octanol–water partition coefficient (Wildman–Crippen LogP) is 5.43. The molecule has 11 heteroatoms. The topological polar surface area (TPSA) is 106 Å². The summed E-state index contributed by atoms with van der Waals surface area (Å²) in [5, 5.41) is 3.53. The molecule has 0 aliphatic carbocycles. The predicted molar refractivity (Wildman–Crippen MR) is 132 cm³/mol. The second kappa shape index (κ2) is 9.42. The number of H-pyrrole nitrogens is 1. The van der Waals surface area contributed by atoms with Crippen LogP contribution < -0.4 is 5.32 Å². The van der Waals surface area contributed by atoms with Gasteiger partial charge in [-0.25, -0.2) is 23.7 Å². The number of rotatable bonds is 7. The molecule has 0 unspecified atom stereocenters. The molecule has 0 fully saturated rings. The summed E-state index contributed by atoms with van der Waals surface area (Å²) < 4.78 is 31.7. The minimum absolute atomic E-state index is 0.0596. The minimum atomic E-state index is -1.12. The number of nitrogens with zero attached hydrogens (tertiary/aromatic N) is 4. The summed E-state index contributed by atoms with van der Waals surface area (Å²) in [5.41, 5.74) is 0.157. The van der Waals surface area contributed by atoms with Gasteiger partial charge >= 0.3 is 0 Å². The van der Waals surface area contributed by atoms with Crippen LogP contribution in [-0.4, -0.2) is 36.2 Å². The van der Waals surface area contributed by atoms with Crippen LogP contribution in [0.4, 0.5) is 14.5 Å². The van der Waals surface area contributed by atoms with Gasteiger partial charge in [-0.2, -0.15) is 0 Å². The summed E-state index contributed by atoms with van der Waals surface area (Å²) in [5.74, 6) is -2.63. The largest absolute Gasteiger partial charge is 0.345 e. The first-order valence-electron chi connectivity index (χ1n) is 11.1. The smallest absolute Gasteiger partial charge is 0.224 e. The van der Waals surface area contributed by atoms with Gasteiger partial charge in [0.05, 0.1) is 16.1 Å². The molecule has 5 rings (SSSR count). The second-order valence-corrected chi connectivity index (χ2v) is 9.09. The lowest BCUT2D eigenvalue weighted by Crippen LogP contribution is -2.15. The molecule has 0 aliphatic heterocycles. The van der Waals surface area contributed by atoms with Crippen LogP contribution in [0.5, 0.6) is 0 Å². The highest BCUT2D eigenvalue weighted by Crippen LogP contribution is 2.32. The zero-order valence-electron chi connectivity index (χ0n) is 19.3. The van der Waals surface area contributed by atoms with Crippen molar-refractivity contribution in [2.45, 2.75) is 26.7 Å². The number of pyridine rings is 1. The van der Waals surface area contributed by atoms with Crippen LogP contribution in [0.1, 0.15) is 41.5 Å². The van der Waals surface area contributed by atoms with E-state index in [0.717, 1.165) is 28.0 Å². The van der Waals surface area contributed by atoms with Gasteiger partial charge in [0.25, 0.3) is 0 Å². The van der Waals surface area contributed by atoms with Crippen molar-refractivity contribution in [2.24, 2.45) is 0 Å². The molecule has 0 radical (unpaired) electrons. The molecule has 182 valence electrons. The Bertz CT molecular complexity index is 1620. The summed E-state index contributed by atoms with van der Waals surface area (Å²) >= 11 is 1.41. The average Bonchev–Trinajstić information content (AvgIpc) is 3.60. The van der Waals surface area contributed by atoms with Crippen LogP contribution >= 0.6 is 11.3 Å². The van der Waals surface area contributed by atoms with Gasteiger partial charge < -0.3 is 10.3 Å². The first-order chi connectivity index (χ1) is 17.4. The van der Waals surface area contributed by atoms with Gasteiger partial charge in [-0.3, -0.25) is 14.2 Å². The number of anilines is 1. The number of amides is 1. The number of imidazole rings is 1. The van der Waals surface area contributed by atoms with Gasteiger partial charge in [-0.1, -0.05) is 18.3 Å². The Morgan fingerprint density at radius 1 is 1.17 bits per heavy atom. The Morgan fingerprint density at radius 2 is 2.00 bits per heavy atom. The molecule has 1 aromatic carbocycles. The first-order valence-corrected chi connectivity index (χ1v) is 11.9. The van der Waals surface area contributed by atoms with Crippen molar-refractivity contribution in [1.29, 1.82) is 0 Å². The number of thiazole rings is 1. The van der Waals surface area contributed by atoms with Gasteiger partial charge in [0.1, 0.15) is 17.3 Å². The standard InChI is InChI=1S/C25H20F2N6O2S/c1-3-4-20(34)32-18-6-5-17(26)21(22(18)27)23(35)16-11-30-24-15(16)9-14(10-29-24)19-12-31-25(36-19)33-8-7-28-13(33)2/h5-12H,3-4H2,1-2H3,(H,29,30)(H,32,34). The van der Waals surface area contributed by atoms with E-state index in [2.05, 4.69) is 25.3 Å². The summed E-state index contributed by atoms with van der Waals surface area (Å²) in [7, 11) is 0. The van der Waals surface area contributed by atoms with Gasteiger partial charge in [0.15, 0.2) is 10.9 Å². The lowest BCUT2D eigenvalue weighted by Gasteiger charge is -2.10. The molecule has 0 atom stereocenters. The van der Waals surface area contributed by atoms with Crippen LogP contribution in [0.15, 0.2) is 49.2 Å². The summed E-state index contributed by atoms with van der Waals surface area (Å²) in [4.78, 5) is 41.9. The van der Waals surface area contributed by atoms with Crippen LogP contribution in [0.25, 0.3) is 26.6 Å². The number of hydrogen-bond acceptors (Lipinski definition) is 6. The maximum atomic E-state index is 15.2. The van der Waals surface area contributed by atoms with Crippen LogP contribution in [-0.2, 0) is 4.79 Å². The number of aromatic amines is 1. The molecule has 4 aromatic heterocycles. The fourth-order valence-corrected chi connectivity index (χ4v) is 4.78. The zero-order chi connectivity index (χ0) is 25.4. The van der Waals surface area contributed by atoms with E-state index in [4.69, 9.17) is 0 Å². The molecule has 4 heterocycles. The zero-order valence-corrected chi connectivity index (χ0v) is 20.1. The first kappa shape index (κ1) is 23.5. The van der Waals surface area contributed by atoms with E-state index < -0.39 is 28.9 Å². The van der Waals surface area contributed by atoms with Gasteiger partial charge in [0.2, 0.25) is 11.7 Å². The Morgan fingerprint density at radius 3 is 2.75 bits per heavy atom. The molecular formula is C25H20F2N6O2S. The summed E-state index contributed by atoms with van der Waals surface area (Å²) in [6.07, 6.45) is 8.94. The molecule has 8 nitrogen and oxygen atoms in total. The van der Waals surface area contributed by atoms with Crippen molar-refractivity contribution >= 4 is 39.7 Å². The highest BCUT2D eigenvalue weighted by Gasteiger charge is 2.25. The minimum Gasteiger partial charge on any atom is -0.345 e. The van der Waals surface area contributed by atoms with E-state index in [1.165, 1.54) is 17.5 Å². The molecule has 2 N–H and O–H groups in total. The van der Waals surface area contributed by atoms with Crippen molar-refractivity contribution in [3.8, 4) is 15.6 Å². The van der Waals surface area contributed by atoms with Gasteiger partial charge in [-0.05, 0) is 31.5 Å². The molecule has 36 heavy (non-hydrogen) atoms. The third-order valence-corrected chi connectivity index (χ3v) is 6.70. The number of nitrogens with one attached hydrogen (secondary N) is 2. The Hall–Kier alpha value is -4.25. The summed E-state index contributed by atoms with van der Waals surface area (Å²) in [6, 6.07) is 3.80. The average molecular weight is 507 g/mol. The normalized spacial score (nSPS) is 11.2. The number of carbonyl (C=O) groups excluding carboxylic acids is 2. The highest BCUT2D eigenvalue weighted by atomic mass is 32.1. The Balaban J connectivity index is 1.52. The van der Waals surface area contributed by atoms with Crippen molar-refractivity contribution < 1.29 is 18.4 Å². The fraction of sp³-hybridized carbons (Fsp3) is 0.160. The molecular weight excluding hydrogens is 486 g/mol. The number of carbonyl (C=O) groups is 2. The lowest BCUT2D eigenvalue weighted by molar-refractivity contribution is -0.116. The SMILES string of the molecule is CCCC(=O)Nc1ccc(F)c(C(=O)c2c[nH]c3ncc(-c4cnc(-n5ccnc5C)s4)cc23)c1F. The van der Waals surface area contributed by atoms with Crippen molar-refractivity contribution in [1.82, 2.24) is 24.5 Å². The van der Waals surface area contributed by atoms with Gasteiger partial charge in [0, 0.05) is 53.9 Å². The molecule has 5 aromatic rings. The highest BCUT2D eigenvalue weighted by molar-refractivity contribution is 7.17. The maximum absolute atomic E-state index is 15.2. The number of benzene rings is 1. The fourth-order valence-electron chi connectivity index (χ4n) is 3.85. The number of hydrogen-bond donors (Lipinski definition) is 2. The monoisotopic (exact) mass is 506 g/mol. The van der Waals surface area contributed by atoms with E-state index in [1.807, 2.05) is 17.7 Å². The van der Waals surface area contributed by atoms with E-state index in [0.29, 0.717) is 23.0 Å². The third kappa shape index (κ3) is 4.17. The summed E-state index contributed by atoms with van der Waals surface area (Å²) in [6.45, 7) is 3.68. The number of ketones is 1.